The van der Waals surface area contributed by atoms with Gasteiger partial charge in [0.1, 0.15) is 17.4 Å². The SMILES string of the molecule is COc1ccc(Cl)cc1N1C(=O)[C@H](CC(=O)OC(C)(C)C)N(CC(C)C)C1=O. The van der Waals surface area contributed by atoms with Gasteiger partial charge in [-0.05, 0) is 44.9 Å². The van der Waals surface area contributed by atoms with Crippen molar-refractivity contribution in [1.82, 2.24) is 4.90 Å². The van der Waals surface area contributed by atoms with E-state index < -0.39 is 29.6 Å². The zero-order chi connectivity index (χ0) is 21.2. The number of ether oxygens (including phenoxy) is 2. The standard InChI is InChI=1S/C20H27ClN2O5/c1-12(2)11-22-15(10-17(24)28-20(3,4)5)18(25)23(19(22)26)14-9-13(21)7-8-16(14)27-6/h7-9,12,15H,10-11H2,1-6H3/t15-/m0/s1. The number of hydrogen-bond donors (Lipinski definition) is 0. The number of imide groups is 1. The second-order valence-corrected chi connectivity index (χ2v) is 8.56. The van der Waals surface area contributed by atoms with Gasteiger partial charge in [-0.15, -0.1) is 0 Å². The molecule has 1 aromatic carbocycles. The predicted octanol–water partition coefficient (Wildman–Crippen LogP) is 3.87. The lowest BCUT2D eigenvalue weighted by Gasteiger charge is -2.25. The Morgan fingerprint density at radius 2 is 1.89 bits per heavy atom. The molecule has 0 saturated carbocycles. The molecule has 28 heavy (non-hydrogen) atoms. The number of amides is 3. The Bertz CT molecular complexity index is 772. The van der Waals surface area contributed by atoms with Crippen LogP contribution in [0.25, 0.3) is 0 Å². The molecule has 0 radical (unpaired) electrons. The van der Waals surface area contributed by atoms with E-state index in [0.717, 1.165) is 4.90 Å². The highest BCUT2D eigenvalue weighted by Crippen LogP contribution is 2.36. The quantitative estimate of drug-likeness (QED) is 0.525. The molecule has 0 spiro atoms. The van der Waals surface area contributed by atoms with E-state index in [1.807, 2.05) is 13.8 Å². The fourth-order valence-electron chi connectivity index (χ4n) is 3.04. The minimum Gasteiger partial charge on any atom is -0.495 e. The Morgan fingerprint density at radius 3 is 2.43 bits per heavy atom. The molecule has 1 aromatic rings. The van der Waals surface area contributed by atoms with Crippen LogP contribution in [0, 0.1) is 5.92 Å². The molecule has 0 aliphatic carbocycles. The molecule has 0 unspecified atom stereocenters. The van der Waals surface area contributed by atoms with E-state index in [-0.39, 0.29) is 18.0 Å². The number of carbonyl (C=O) groups excluding carboxylic acids is 3. The number of anilines is 1. The van der Waals surface area contributed by atoms with Crippen molar-refractivity contribution in [1.29, 1.82) is 0 Å². The normalized spacial score (nSPS) is 17.5. The molecule has 1 aliphatic heterocycles. The third-order valence-electron chi connectivity index (χ3n) is 4.04. The van der Waals surface area contributed by atoms with Crippen molar-refractivity contribution in [2.75, 3.05) is 18.6 Å². The maximum absolute atomic E-state index is 13.1. The van der Waals surface area contributed by atoms with E-state index in [2.05, 4.69) is 0 Å². The second kappa shape index (κ2) is 8.39. The Balaban J connectivity index is 2.40. The molecule has 0 aromatic heterocycles. The molecule has 3 amide bonds. The van der Waals surface area contributed by atoms with Crippen LogP contribution in [0.4, 0.5) is 10.5 Å². The molecule has 154 valence electrons. The molecular formula is C20H27ClN2O5. The van der Waals surface area contributed by atoms with Crippen LogP contribution >= 0.6 is 11.6 Å². The van der Waals surface area contributed by atoms with Crippen LogP contribution in [-0.2, 0) is 14.3 Å². The van der Waals surface area contributed by atoms with E-state index in [1.165, 1.54) is 18.1 Å². The van der Waals surface area contributed by atoms with Gasteiger partial charge in [0.2, 0.25) is 0 Å². The predicted molar refractivity (Wildman–Crippen MR) is 107 cm³/mol. The minimum atomic E-state index is -0.937. The minimum absolute atomic E-state index is 0.110. The Labute approximate surface area is 170 Å². The van der Waals surface area contributed by atoms with E-state index in [4.69, 9.17) is 21.1 Å². The van der Waals surface area contributed by atoms with Gasteiger partial charge in [-0.25, -0.2) is 9.69 Å². The average Bonchev–Trinajstić information content (AvgIpc) is 2.76. The summed E-state index contributed by atoms with van der Waals surface area (Å²) in [6.45, 7) is 9.46. The summed E-state index contributed by atoms with van der Waals surface area (Å²) in [6, 6.07) is 3.26. The van der Waals surface area contributed by atoms with Crippen molar-refractivity contribution in [3.63, 3.8) is 0 Å². The number of halogens is 1. The summed E-state index contributed by atoms with van der Waals surface area (Å²) < 4.78 is 10.6. The van der Waals surface area contributed by atoms with Crippen LogP contribution in [0.5, 0.6) is 5.75 Å². The van der Waals surface area contributed by atoms with E-state index >= 15 is 0 Å². The highest BCUT2D eigenvalue weighted by Gasteiger charge is 2.48. The smallest absolute Gasteiger partial charge is 0.332 e. The first kappa shape index (κ1) is 22.0. The molecule has 0 N–H and O–H groups in total. The average molecular weight is 411 g/mol. The molecule has 2 rings (SSSR count). The van der Waals surface area contributed by atoms with Crippen LogP contribution in [0.3, 0.4) is 0 Å². The first-order valence-electron chi connectivity index (χ1n) is 9.14. The van der Waals surface area contributed by atoms with E-state index in [1.54, 1.807) is 32.9 Å². The van der Waals surface area contributed by atoms with Crippen molar-refractivity contribution in [3.05, 3.63) is 23.2 Å². The molecule has 8 heteroatoms. The fourth-order valence-corrected chi connectivity index (χ4v) is 3.20. The zero-order valence-corrected chi connectivity index (χ0v) is 17.9. The number of benzene rings is 1. The van der Waals surface area contributed by atoms with Crippen LogP contribution in [0.1, 0.15) is 41.0 Å². The van der Waals surface area contributed by atoms with Gasteiger partial charge >= 0.3 is 12.0 Å². The molecule has 1 saturated heterocycles. The monoisotopic (exact) mass is 410 g/mol. The number of methoxy groups -OCH3 is 1. The summed E-state index contributed by atoms with van der Waals surface area (Å²) in [7, 11) is 1.45. The third-order valence-corrected chi connectivity index (χ3v) is 4.28. The Hall–Kier alpha value is -2.28. The first-order chi connectivity index (χ1) is 12.9. The number of esters is 1. The van der Waals surface area contributed by atoms with Crippen molar-refractivity contribution in [2.45, 2.75) is 52.7 Å². The molecule has 0 bridgehead atoms. The highest BCUT2D eigenvalue weighted by atomic mass is 35.5. The molecule has 1 aliphatic rings. The number of hydrogen-bond acceptors (Lipinski definition) is 5. The van der Waals surface area contributed by atoms with Gasteiger partial charge in [0.15, 0.2) is 0 Å². The lowest BCUT2D eigenvalue weighted by Crippen LogP contribution is -2.40. The van der Waals surface area contributed by atoms with Crippen molar-refractivity contribution < 1.29 is 23.9 Å². The first-order valence-corrected chi connectivity index (χ1v) is 9.52. The zero-order valence-electron chi connectivity index (χ0n) is 17.1. The maximum atomic E-state index is 13.1. The van der Waals surface area contributed by atoms with Gasteiger partial charge in [-0.1, -0.05) is 25.4 Å². The molecule has 1 heterocycles. The summed E-state index contributed by atoms with van der Waals surface area (Å²) in [5.41, 5.74) is -0.424. The van der Waals surface area contributed by atoms with Crippen LogP contribution in [0.2, 0.25) is 5.02 Å². The van der Waals surface area contributed by atoms with Gasteiger partial charge in [-0.3, -0.25) is 9.59 Å². The summed E-state index contributed by atoms with van der Waals surface area (Å²) in [6.07, 6.45) is -0.214. The lowest BCUT2D eigenvalue weighted by atomic mass is 10.1. The van der Waals surface area contributed by atoms with Crippen molar-refractivity contribution >= 4 is 35.2 Å². The van der Waals surface area contributed by atoms with Gasteiger partial charge in [0, 0.05) is 11.6 Å². The third kappa shape index (κ3) is 4.95. The number of carbonyl (C=O) groups is 3. The highest BCUT2D eigenvalue weighted by molar-refractivity contribution is 6.31. The van der Waals surface area contributed by atoms with E-state index in [0.29, 0.717) is 17.3 Å². The van der Waals surface area contributed by atoms with Gasteiger partial charge in [0.05, 0.1) is 19.2 Å². The Morgan fingerprint density at radius 1 is 1.25 bits per heavy atom. The van der Waals surface area contributed by atoms with Gasteiger partial charge in [-0.2, -0.15) is 0 Å². The summed E-state index contributed by atoms with van der Waals surface area (Å²) >= 11 is 6.07. The number of urea groups is 1. The van der Waals surface area contributed by atoms with Gasteiger partial charge < -0.3 is 14.4 Å². The topological polar surface area (TPSA) is 76.2 Å². The van der Waals surface area contributed by atoms with Crippen LogP contribution in [0.15, 0.2) is 18.2 Å². The summed E-state index contributed by atoms with van der Waals surface area (Å²) in [5.74, 6) is -0.586. The van der Waals surface area contributed by atoms with Crippen molar-refractivity contribution in [2.24, 2.45) is 5.92 Å². The number of rotatable bonds is 6. The maximum Gasteiger partial charge on any atom is 0.332 e. The molecule has 1 fully saturated rings. The molecular weight excluding hydrogens is 384 g/mol. The summed E-state index contributed by atoms with van der Waals surface area (Å²) in [5, 5.41) is 0.363. The fraction of sp³-hybridized carbons (Fsp3) is 0.550. The summed E-state index contributed by atoms with van der Waals surface area (Å²) in [4.78, 5) is 41.0. The van der Waals surface area contributed by atoms with Crippen molar-refractivity contribution in [3.8, 4) is 5.75 Å². The van der Waals surface area contributed by atoms with Crippen LogP contribution in [-0.4, -0.2) is 48.1 Å². The number of nitrogens with zero attached hydrogens (tertiary/aromatic N) is 2. The largest absolute Gasteiger partial charge is 0.495 e. The lowest BCUT2D eigenvalue weighted by molar-refractivity contribution is -0.156. The van der Waals surface area contributed by atoms with Gasteiger partial charge in [0.25, 0.3) is 5.91 Å². The van der Waals surface area contributed by atoms with Crippen LogP contribution < -0.4 is 9.64 Å². The Kier molecular flexibility index (Phi) is 6.59. The van der Waals surface area contributed by atoms with E-state index in [9.17, 15) is 14.4 Å². The molecule has 1 atom stereocenters. The molecule has 7 nitrogen and oxygen atoms in total. The second-order valence-electron chi connectivity index (χ2n) is 8.12.